The minimum atomic E-state index is -1.11. The van der Waals surface area contributed by atoms with Gasteiger partial charge in [-0.05, 0) is 0 Å². The second-order valence-electron chi connectivity index (χ2n) is 1.58. The van der Waals surface area contributed by atoms with Crippen molar-refractivity contribution in [3.63, 3.8) is 0 Å². The highest BCUT2D eigenvalue weighted by molar-refractivity contribution is 7.11. The molecule has 0 aliphatic rings. The van der Waals surface area contributed by atoms with Gasteiger partial charge < -0.3 is 5.11 Å². The van der Waals surface area contributed by atoms with E-state index in [1.165, 1.54) is 5.38 Å². The Labute approximate surface area is 60.1 Å². The summed E-state index contributed by atoms with van der Waals surface area (Å²) in [5.41, 5.74) is 0.183. The molecule has 1 heterocycles. The summed E-state index contributed by atoms with van der Waals surface area (Å²) in [5.74, 6) is -1.11. The van der Waals surface area contributed by atoms with E-state index in [9.17, 15) is 9.18 Å². The van der Waals surface area contributed by atoms with Gasteiger partial charge in [0.1, 0.15) is 6.67 Å². The number of alkyl halides is 1. The molecule has 0 atom stereocenters. The highest BCUT2D eigenvalue weighted by atomic mass is 32.1. The van der Waals surface area contributed by atoms with Gasteiger partial charge in [0.05, 0.1) is 5.69 Å². The van der Waals surface area contributed by atoms with Crippen molar-refractivity contribution in [1.29, 1.82) is 0 Å². The van der Waals surface area contributed by atoms with Gasteiger partial charge in [-0.15, -0.1) is 11.3 Å². The highest BCUT2D eigenvalue weighted by Gasteiger charge is 2.07. The average Bonchev–Trinajstić information content (AvgIpc) is 2.34. The molecule has 1 N–H and O–H groups in total. The van der Waals surface area contributed by atoms with Crippen LogP contribution in [0.1, 0.15) is 15.5 Å². The number of nitrogens with zero attached hydrogens (tertiary/aromatic N) is 1. The summed E-state index contributed by atoms with van der Waals surface area (Å²) in [6, 6.07) is 0. The molecule has 5 heteroatoms. The monoisotopic (exact) mass is 161 g/mol. The van der Waals surface area contributed by atoms with E-state index < -0.39 is 12.6 Å². The van der Waals surface area contributed by atoms with E-state index in [0.29, 0.717) is 0 Å². The fourth-order valence-corrected chi connectivity index (χ4v) is 1.10. The van der Waals surface area contributed by atoms with Crippen LogP contribution in [0.3, 0.4) is 0 Å². The molecule has 0 aliphatic carbocycles. The smallest absolute Gasteiger partial charge is 0.365 e. The highest BCUT2D eigenvalue weighted by Crippen LogP contribution is 2.09. The van der Waals surface area contributed by atoms with Crippen LogP contribution in [0.25, 0.3) is 0 Å². The van der Waals surface area contributed by atoms with Crippen LogP contribution in [0.2, 0.25) is 0 Å². The molecule has 3 nitrogen and oxygen atoms in total. The van der Waals surface area contributed by atoms with E-state index in [2.05, 4.69) is 4.98 Å². The lowest BCUT2D eigenvalue weighted by Gasteiger charge is -1.81. The van der Waals surface area contributed by atoms with Crippen LogP contribution in [-0.4, -0.2) is 16.1 Å². The van der Waals surface area contributed by atoms with Crippen molar-refractivity contribution < 1.29 is 14.3 Å². The molecule has 0 bridgehead atoms. The molecule has 0 aliphatic heterocycles. The van der Waals surface area contributed by atoms with Gasteiger partial charge >= 0.3 is 5.97 Å². The lowest BCUT2D eigenvalue weighted by Crippen LogP contribution is -1.94. The lowest BCUT2D eigenvalue weighted by molar-refractivity contribution is 0.0696. The number of carbonyl (C=O) groups is 1. The molecular weight excluding hydrogens is 157 g/mol. The normalized spacial score (nSPS) is 9.70. The number of thiazole rings is 1. The first-order valence-corrected chi connectivity index (χ1v) is 3.35. The Balaban J connectivity index is 2.88. The Bertz CT molecular complexity index is 248. The van der Waals surface area contributed by atoms with Crippen LogP contribution in [0.15, 0.2) is 5.38 Å². The van der Waals surface area contributed by atoms with Crippen molar-refractivity contribution in [2.45, 2.75) is 6.67 Å². The first-order chi connectivity index (χ1) is 4.74. The molecular formula is C5H4FNO2S. The summed E-state index contributed by atoms with van der Waals surface area (Å²) in [5, 5.41) is 9.65. The fraction of sp³-hybridized carbons (Fsp3) is 0.200. The van der Waals surface area contributed by atoms with Crippen LogP contribution in [0, 0.1) is 0 Å². The number of aromatic carboxylic acids is 1. The summed E-state index contributed by atoms with van der Waals surface area (Å²) in [4.78, 5) is 13.6. The molecule has 0 spiro atoms. The Hall–Kier alpha value is -0.970. The molecule has 10 heavy (non-hydrogen) atoms. The number of aromatic nitrogens is 1. The van der Waals surface area contributed by atoms with Crippen molar-refractivity contribution in [3.05, 3.63) is 16.1 Å². The van der Waals surface area contributed by atoms with Gasteiger partial charge in [-0.3, -0.25) is 0 Å². The van der Waals surface area contributed by atoms with Gasteiger partial charge in [-0.25, -0.2) is 14.2 Å². The van der Waals surface area contributed by atoms with Gasteiger partial charge in [-0.2, -0.15) is 0 Å². The third kappa shape index (κ3) is 1.30. The summed E-state index contributed by atoms with van der Waals surface area (Å²) < 4.78 is 11.8. The molecule has 0 saturated heterocycles. The average molecular weight is 161 g/mol. The number of carboxylic acid groups (broad SMARTS) is 1. The minimum absolute atomic E-state index is 0.0624. The lowest BCUT2D eigenvalue weighted by atomic mass is 10.5. The van der Waals surface area contributed by atoms with Crippen molar-refractivity contribution in [2.75, 3.05) is 0 Å². The molecule has 1 aromatic heterocycles. The van der Waals surface area contributed by atoms with E-state index in [0.717, 1.165) is 11.3 Å². The van der Waals surface area contributed by atoms with Gasteiger partial charge in [0.25, 0.3) is 0 Å². The van der Waals surface area contributed by atoms with Crippen molar-refractivity contribution in [2.24, 2.45) is 0 Å². The number of halogens is 1. The molecule has 0 radical (unpaired) electrons. The SMILES string of the molecule is O=C(O)c1nc(CF)cs1. The standard InChI is InChI=1S/C5H4FNO2S/c6-1-3-2-10-4(7-3)5(8)9/h2H,1H2,(H,8,9). The van der Waals surface area contributed by atoms with Crippen LogP contribution in [-0.2, 0) is 6.67 Å². The van der Waals surface area contributed by atoms with E-state index in [1.54, 1.807) is 0 Å². The summed E-state index contributed by atoms with van der Waals surface area (Å²) in [7, 11) is 0. The molecule has 0 unspecified atom stereocenters. The van der Waals surface area contributed by atoms with E-state index >= 15 is 0 Å². The Kier molecular flexibility index (Phi) is 1.96. The van der Waals surface area contributed by atoms with Crippen LogP contribution in [0.4, 0.5) is 4.39 Å². The topological polar surface area (TPSA) is 50.2 Å². The molecule has 54 valence electrons. The third-order valence-electron chi connectivity index (χ3n) is 0.872. The predicted molar refractivity (Wildman–Crippen MR) is 33.9 cm³/mol. The summed E-state index contributed by atoms with van der Waals surface area (Å²) >= 11 is 0.932. The van der Waals surface area contributed by atoms with E-state index in [4.69, 9.17) is 5.11 Å². The number of carboxylic acids is 1. The Morgan fingerprint density at radius 2 is 2.60 bits per heavy atom. The maximum Gasteiger partial charge on any atom is 0.365 e. The van der Waals surface area contributed by atoms with E-state index in [1.807, 2.05) is 0 Å². The summed E-state index contributed by atoms with van der Waals surface area (Å²) in [6.07, 6.45) is 0. The second kappa shape index (κ2) is 2.74. The molecule has 0 aromatic carbocycles. The third-order valence-corrected chi connectivity index (χ3v) is 1.75. The molecule has 0 saturated carbocycles. The van der Waals surface area contributed by atoms with Gasteiger partial charge in [0, 0.05) is 5.38 Å². The van der Waals surface area contributed by atoms with Crippen molar-refractivity contribution in [1.82, 2.24) is 4.98 Å². The quantitative estimate of drug-likeness (QED) is 0.711. The first kappa shape index (κ1) is 7.14. The van der Waals surface area contributed by atoms with Gasteiger partial charge in [0.2, 0.25) is 5.01 Å². The first-order valence-electron chi connectivity index (χ1n) is 2.47. The fourth-order valence-electron chi connectivity index (χ4n) is 0.467. The van der Waals surface area contributed by atoms with Crippen LogP contribution in [0.5, 0.6) is 0 Å². The summed E-state index contributed by atoms with van der Waals surface area (Å²) in [6.45, 7) is -0.705. The number of hydrogen-bond acceptors (Lipinski definition) is 3. The van der Waals surface area contributed by atoms with Gasteiger partial charge in [-0.1, -0.05) is 0 Å². The zero-order valence-corrected chi connectivity index (χ0v) is 5.69. The van der Waals surface area contributed by atoms with Crippen molar-refractivity contribution in [3.8, 4) is 0 Å². The van der Waals surface area contributed by atoms with Crippen molar-refractivity contribution >= 4 is 17.3 Å². The van der Waals surface area contributed by atoms with Crippen LogP contribution >= 0.6 is 11.3 Å². The molecule has 1 aromatic rings. The van der Waals surface area contributed by atoms with E-state index in [-0.39, 0.29) is 10.7 Å². The zero-order valence-electron chi connectivity index (χ0n) is 4.87. The van der Waals surface area contributed by atoms with Crippen LogP contribution < -0.4 is 0 Å². The molecule has 1 rings (SSSR count). The maximum atomic E-state index is 11.8. The largest absolute Gasteiger partial charge is 0.476 e. The predicted octanol–water partition coefficient (Wildman–Crippen LogP) is 1.31. The van der Waals surface area contributed by atoms with Gasteiger partial charge in [0.15, 0.2) is 0 Å². The molecule has 0 amide bonds. The minimum Gasteiger partial charge on any atom is -0.476 e. The molecule has 0 fully saturated rings. The Morgan fingerprint density at radius 1 is 1.90 bits per heavy atom. The second-order valence-corrected chi connectivity index (χ2v) is 2.44. The number of rotatable bonds is 2. The maximum absolute atomic E-state index is 11.8. The number of hydrogen-bond donors (Lipinski definition) is 1. The zero-order chi connectivity index (χ0) is 7.56. The Morgan fingerprint density at radius 3 is 2.90 bits per heavy atom.